The highest BCUT2D eigenvalue weighted by Gasteiger charge is 2.16. The maximum Gasteiger partial charge on any atom is 0.232 e. The lowest BCUT2D eigenvalue weighted by molar-refractivity contribution is 0.835. The number of hydrogen-bond donors (Lipinski definition) is 1. The molecule has 0 bridgehead atoms. The summed E-state index contributed by atoms with van der Waals surface area (Å²) in [6.45, 7) is 4.69. The van der Waals surface area contributed by atoms with Crippen molar-refractivity contribution in [2.45, 2.75) is 20.3 Å². The minimum absolute atomic E-state index is 0.602. The first-order chi connectivity index (χ1) is 9.61. The number of aryl methyl sites for hydroxylation is 3. The van der Waals surface area contributed by atoms with Gasteiger partial charge in [0.05, 0.1) is 11.4 Å². The van der Waals surface area contributed by atoms with Gasteiger partial charge < -0.3 is 5.73 Å². The summed E-state index contributed by atoms with van der Waals surface area (Å²) in [5, 5.41) is 4.71. The van der Waals surface area contributed by atoms with Crippen molar-refractivity contribution in [3.63, 3.8) is 0 Å². The number of benzene rings is 1. The number of aromatic nitrogens is 4. The largest absolute Gasteiger partial charge is 0.330 e. The van der Waals surface area contributed by atoms with Crippen LogP contribution >= 0.6 is 0 Å². The summed E-state index contributed by atoms with van der Waals surface area (Å²) in [6, 6.07) is 8.37. The van der Waals surface area contributed by atoms with Gasteiger partial charge in [0, 0.05) is 19.0 Å². The maximum atomic E-state index is 5.68. The Bertz CT molecular complexity index is 749. The summed E-state index contributed by atoms with van der Waals surface area (Å²) < 4.78 is 3.94. The molecule has 0 aliphatic rings. The molecule has 3 aromatic rings. The van der Waals surface area contributed by atoms with Crippen LogP contribution in [0.1, 0.15) is 17.0 Å². The predicted octanol–water partition coefficient (Wildman–Crippen LogP) is 1.85. The van der Waals surface area contributed by atoms with E-state index in [-0.39, 0.29) is 0 Å². The lowest BCUT2D eigenvalue weighted by atomic mass is 10.1. The zero-order valence-corrected chi connectivity index (χ0v) is 12.1. The van der Waals surface area contributed by atoms with Gasteiger partial charge in [-0.3, -0.25) is 4.57 Å². The van der Waals surface area contributed by atoms with Crippen LogP contribution in [-0.4, -0.2) is 25.7 Å². The van der Waals surface area contributed by atoms with E-state index in [4.69, 9.17) is 10.8 Å². The molecular weight excluding hydrogens is 250 g/mol. The van der Waals surface area contributed by atoms with E-state index < -0.39 is 0 Å². The molecule has 104 valence electrons. The average Bonchev–Trinajstić information content (AvgIpc) is 2.90. The minimum atomic E-state index is 0.602. The van der Waals surface area contributed by atoms with Crippen LogP contribution in [0, 0.1) is 13.8 Å². The number of hydrogen-bond acceptors (Lipinski definition) is 3. The fraction of sp³-hybridized carbons (Fsp3) is 0.333. The summed E-state index contributed by atoms with van der Waals surface area (Å²) in [6.07, 6.45) is 0.789. The normalized spacial score (nSPS) is 11.4. The van der Waals surface area contributed by atoms with E-state index in [2.05, 4.69) is 36.2 Å². The van der Waals surface area contributed by atoms with E-state index in [0.717, 1.165) is 35.0 Å². The Balaban J connectivity index is 2.18. The van der Waals surface area contributed by atoms with Crippen LogP contribution in [0.25, 0.3) is 17.2 Å². The van der Waals surface area contributed by atoms with Gasteiger partial charge >= 0.3 is 0 Å². The van der Waals surface area contributed by atoms with Crippen LogP contribution in [0.4, 0.5) is 0 Å². The SMILES string of the molecule is Cc1ccc(-c2nn3c(CCN)c(C)nc3n2C)cc1. The molecule has 2 heterocycles. The van der Waals surface area contributed by atoms with Gasteiger partial charge in [-0.15, -0.1) is 5.10 Å². The lowest BCUT2D eigenvalue weighted by Crippen LogP contribution is -2.06. The van der Waals surface area contributed by atoms with Crippen molar-refractivity contribution in [3.8, 4) is 11.4 Å². The zero-order valence-electron chi connectivity index (χ0n) is 12.1. The Morgan fingerprint density at radius 3 is 2.50 bits per heavy atom. The molecule has 0 saturated carbocycles. The lowest BCUT2D eigenvalue weighted by Gasteiger charge is -2.01. The molecule has 0 unspecified atom stereocenters. The highest BCUT2D eigenvalue weighted by molar-refractivity contribution is 5.59. The monoisotopic (exact) mass is 269 g/mol. The predicted molar refractivity (Wildman–Crippen MR) is 79.6 cm³/mol. The Morgan fingerprint density at radius 1 is 1.15 bits per heavy atom. The third kappa shape index (κ3) is 1.91. The number of nitrogens with two attached hydrogens (primary N) is 1. The summed E-state index contributed by atoms with van der Waals surface area (Å²) in [5.41, 5.74) is 10.1. The van der Waals surface area contributed by atoms with Crippen LogP contribution < -0.4 is 5.73 Å². The number of nitrogens with zero attached hydrogens (tertiary/aromatic N) is 4. The molecule has 0 radical (unpaired) electrons. The standard InChI is InChI=1S/C15H19N5/c1-10-4-6-12(7-5-10)14-18-20-13(8-9-16)11(2)17-15(20)19(14)3/h4-7H,8-9,16H2,1-3H3. The quantitative estimate of drug-likeness (QED) is 0.789. The smallest absolute Gasteiger partial charge is 0.232 e. The molecule has 0 saturated heterocycles. The molecule has 0 spiro atoms. The van der Waals surface area contributed by atoms with E-state index in [1.807, 2.05) is 23.1 Å². The van der Waals surface area contributed by atoms with Crippen molar-refractivity contribution >= 4 is 5.78 Å². The molecule has 5 heteroatoms. The fourth-order valence-corrected chi connectivity index (χ4v) is 2.49. The molecule has 5 nitrogen and oxygen atoms in total. The van der Waals surface area contributed by atoms with E-state index >= 15 is 0 Å². The van der Waals surface area contributed by atoms with E-state index in [1.54, 1.807) is 0 Å². The summed E-state index contributed by atoms with van der Waals surface area (Å²) in [4.78, 5) is 4.60. The Kier molecular flexibility index (Phi) is 3.06. The molecule has 0 amide bonds. The first-order valence-corrected chi connectivity index (χ1v) is 6.80. The van der Waals surface area contributed by atoms with Gasteiger partial charge in [0.15, 0.2) is 5.82 Å². The van der Waals surface area contributed by atoms with Crippen molar-refractivity contribution in [3.05, 3.63) is 41.2 Å². The number of imidazole rings is 1. The molecule has 2 aromatic heterocycles. The second-order valence-corrected chi connectivity index (χ2v) is 5.14. The molecule has 0 fully saturated rings. The maximum absolute atomic E-state index is 5.68. The van der Waals surface area contributed by atoms with Crippen molar-refractivity contribution in [1.82, 2.24) is 19.2 Å². The van der Waals surface area contributed by atoms with Gasteiger partial charge in [0.25, 0.3) is 0 Å². The molecule has 1 aromatic carbocycles. The molecule has 0 atom stereocenters. The number of rotatable bonds is 3. The first kappa shape index (κ1) is 12.9. The van der Waals surface area contributed by atoms with Crippen molar-refractivity contribution in [2.75, 3.05) is 6.54 Å². The molecular formula is C15H19N5. The Labute approximate surface area is 118 Å². The van der Waals surface area contributed by atoms with Crippen LogP contribution in [0.15, 0.2) is 24.3 Å². The van der Waals surface area contributed by atoms with Crippen LogP contribution in [0.3, 0.4) is 0 Å². The highest BCUT2D eigenvalue weighted by atomic mass is 15.4. The average molecular weight is 269 g/mol. The van der Waals surface area contributed by atoms with Crippen molar-refractivity contribution in [2.24, 2.45) is 12.8 Å². The molecule has 2 N–H and O–H groups in total. The Morgan fingerprint density at radius 2 is 1.85 bits per heavy atom. The Hall–Kier alpha value is -2.14. The zero-order chi connectivity index (χ0) is 14.3. The fourth-order valence-electron chi connectivity index (χ4n) is 2.49. The molecule has 3 rings (SSSR count). The van der Waals surface area contributed by atoms with Crippen LogP contribution in [0.5, 0.6) is 0 Å². The highest BCUT2D eigenvalue weighted by Crippen LogP contribution is 2.21. The van der Waals surface area contributed by atoms with E-state index in [9.17, 15) is 0 Å². The second-order valence-electron chi connectivity index (χ2n) is 5.14. The first-order valence-electron chi connectivity index (χ1n) is 6.80. The van der Waals surface area contributed by atoms with Crippen LogP contribution in [0.2, 0.25) is 0 Å². The van der Waals surface area contributed by atoms with Gasteiger partial charge in [-0.25, -0.2) is 9.50 Å². The van der Waals surface area contributed by atoms with E-state index in [0.29, 0.717) is 6.54 Å². The van der Waals surface area contributed by atoms with Gasteiger partial charge in [0.2, 0.25) is 5.78 Å². The summed E-state index contributed by atoms with van der Waals surface area (Å²) in [5.74, 6) is 1.78. The van der Waals surface area contributed by atoms with Gasteiger partial charge in [-0.2, -0.15) is 0 Å². The summed E-state index contributed by atoms with van der Waals surface area (Å²) >= 11 is 0. The minimum Gasteiger partial charge on any atom is -0.330 e. The summed E-state index contributed by atoms with van der Waals surface area (Å²) in [7, 11) is 2.00. The second kappa shape index (κ2) is 4.76. The third-order valence-electron chi connectivity index (χ3n) is 3.63. The van der Waals surface area contributed by atoms with Crippen molar-refractivity contribution in [1.29, 1.82) is 0 Å². The third-order valence-corrected chi connectivity index (χ3v) is 3.63. The van der Waals surface area contributed by atoms with Gasteiger partial charge in [0.1, 0.15) is 0 Å². The van der Waals surface area contributed by atoms with Crippen molar-refractivity contribution < 1.29 is 0 Å². The molecule has 0 aliphatic heterocycles. The van der Waals surface area contributed by atoms with Gasteiger partial charge in [-0.1, -0.05) is 29.8 Å². The van der Waals surface area contributed by atoms with Crippen LogP contribution in [-0.2, 0) is 13.5 Å². The molecule has 20 heavy (non-hydrogen) atoms. The molecule has 0 aliphatic carbocycles. The number of fused-ring (bicyclic) bond motifs is 1. The van der Waals surface area contributed by atoms with Gasteiger partial charge in [-0.05, 0) is 20.4 Å². The topological polar surface area (TPSA) is 61.1 Å². The van der Waals surface area contributed by atoms with E-state index in [1.165, 1.54) is 5.56 Å².